The number of nitrogens with one attached hydrogen (secondary N) is 2. The van der Waals surface area contributed by atoms with Gasteiger partial charge in [-0.2, -0.15) is 0 Å². The summed E-state index contributed by atoms with van der Waals surface area (Å²) in [6, 6.07) is 20.9. The van der Waals surface area contributed by atoms with Crippen LogP contribution in [-0.2, 0) is 4.79 Å². The molecule has 134 valence electrons. The van der Waals surface area contributed by atoms with Crippen LogP contribution in [0.3, 0.4) is 0 Å². The van der Waals surface area contributed by atoms with Crippen molar-refractivity contribution in [3.63, 3.8) is 0 Å². The Balaban J connectivity index is 1.77. The summed E-state index contributed by atoms with van der Waals surface area (Å²) >= 11 is 0. The van der Waals surface area contributed by atoms with Gasteiger partial charge in [0.25, 0.3) is 5.91 Å². The van der Waals surface area contributed by atoms with E-state index in [-0.39, 0.29) is 11.8 Å². The lowest BCUT2D eigenvalue weighted by molar-refractivity contribution is -0.111. The van der Waals surface area contributed by atoms with Crippen LogP contribution < -0.4 is 10.6 Å². The van der Waals surface area contributed by atoms with E-state index in [2.05, 4.69) is 17.2 Å². The Kier molecular flexibility index (Phi) is 5.80. The molecule has 0 saturated heterocycles. The van der Waals surface area contributed by atoms with Crippen LogP contribution in [0.5, 0.6) is 0 Å². The van der Waals surface area contributed by atoms with Gasteiger partial charge in [0, 0.05) is 12.6 Å². The number of hydrogen-bond donors (Lipinski definition) is 2. The maximum Gasteiger partial charge on any atom is 0.253 e. The summed E-state index contributed by atoms with van der Waals surface area (Å²) in [5.74, 6) is -0.560. The zero-order valence-electron chi connectivity index (χ0n) is 14.8. The van der Waals surface area contributed by atoms with Gasteiger partial charge < -0.3 is 10.6 Å². The van der Waals surface area contributed by atoms with Gasteiger partial charge in [0.05, 0.1) is 11.3 Å². The Bertz CT molecular complexity index is 1020. The molecule has 2 N–H and O–H groups in total. The number of benzene rings is 3. The maximum absolute atomic E-state index is 12.4. The molecule has 4 nitrogen and oxygen atoms in total. The van der Waals surface area contributed by atoms with Crippen LogP contribution in [0.15, 0.2) is 85.5 Å². The smallest absolute Gasteiger partial charge is 0.253 e. The van der Waals surface area contributed by atoms with Crippen LogP contribution in [0.1, 0.15) is 15.9 Å². The van der Waals surface area contributed by atoms with Crippen molar-refractivity contribution in [3.05, 3.63) is 96.6 Å². The summed E-state index contributed by atoms with van der Waals surface area (Å²) in [6.45, 7) is 3.94. The summed E-state index contributed by atoms with van der Waals surface area (Å²) in [6.07, 6.45) is 4.85. The Labute approximate surface area is 158 Å². The van der Waals surface area contributed by atoms with E-state index in [1.165, 1.54) is 6.08 Å². The zero-order chi connectivity index (χ0) is 19.1. The number of hydrogen-bond acceptors (Lipinski definition) is 2. The van der Waals surface area contributed by atoms with Crippen molar-refractivity contribution in [3.8, 4) is 0 Å². The first kappa shape index (κ1) is 18.1. The number of amides is 2. The van der Waals surface area contributed by atoms with Crippen LogP contribution in [0.4, 0.5) is 5.69 Å². The monoisotopic (exact) mass is 356 g/mol. The molecule has 0 heterocycles. The molecule has 0 radical (unpaired) electrons. The molecular formula is C23H20N2O2. The lowest BCUT2D eigenvalue weighted by Crippen LogP contribution is -2.24. The van der Waals surface area contributed by atoms with E-state index < -0.39 is 0 Å². The zero-order valence-corrected chi connectivity index (χ0v) is 14.8. The lowest BCUT2D eigenvalue weighted by Gasteiger charge is -2.09. The van der Waals surface area contributed by atoms with Crippen LogP contribution in [0.25, 0.3) is 16.8 Å². The fraction of sp³-hybridized carbons (Fsp3) is 0.0435. The summed E-state index contributed by atoms with van der Waals surface area (Å²) in [5, 5.41) is 7.68. The van der Waals surface area contributed by atoms with E-state index in [1.807, 2.05) is 42.5 Å². The van der Waals surface area contributed by atoms with Gasteiger partial charge in [0.1, 0.15) is 0 Å². The second-order valence-corrected chi connectivity index (χ2v) is 5.94. The number of carbonyl (C=O) groups is 2. The van der Waals surface area contributed by atoms with E-state index in [0.29, 0.717) is 17.8 Å². The second-order valence-electron chi connectivity index (χ2n) is 5.94. The second kappa shape index (κ2) is 8.63. The Hall–Kier alpha value is -3.66. The van der Waals surface area contributed by atoms with Gasteiger partial charge in [-0.05, 0) is 34.5 Å². The van der Waals surface area contributed by atoms with E-state index in [4.69, 9.17) is 0 Å². The van der Waals surface area contributed by atoms with E-state index >= 15 is 0 Å². The van der Waals surface area contributed by atoms with Crippen molar-refractivity contribution in [1.29, 1.82) is 0 Å². The molecule has 3 aromatic rings. The third kappa shape index (κ3) is 4.50. The topological polar surface area (TPSA) is 58.2 Å². The highest BCUT2D eigenvalue weighted by molar-refractivity contribution is 6.08. The average Bonchev–Trinajstić information content (AvgIpc) is 2.71. The number of anilines is 1. The van der Waals surface area contributed by atoms with Gasteiger partial charge in [-0.15, -0.1) is 6.58 Å². The molecule has 0 saturated carbocycles. The largest absolute Gasteiger partial charge is 0.349 e. The van der Waals surface area contributed by atoms with Gasteiger partial charge in [-0.25, -0.2) is 0 Å². The normalized spacial score (nSPS) is 10.7. The van der Waals surface area contributed by atoms with Crippen molar-refractivity contribution in [2.45, 2.75) is 0 Å². The lowest BCUT2D eigenvalue weighted by atomic mass is 10.0. The van der Waals surface area contributed by atoms with Gasteiger partial charge in [0.2, 0.25) is 5.91 Å². The summed E-state index contributed by atoms with van der Waals surface area (Å²) in [4.78, 5) is 24.6. The molecule has 3 rings (SSSR count). The molecular weight excluding hydrogens is 336 g/mol. The Morgan fingerprint density at radius 2 is 1.67 bits per heavy atom. The molecule has 0 bridgehead atoms. The molecule has 4 heteroatoms. The molecule has 0 aromatic heterocycles. The molecule has 0 aliphatic heterocycles. The Morgan fingerprint density at radius 1 is 0.926 bits per heavy atom. The molecule has 27 heavy (non-hydrogen) atoms. The summed E-state index contributed by atoms with van der Waals surface area (Å²) in [5.41, 5.74) is 1.83. The minimum Gasteiger partial charge on any atom is -0.349 e. The molecule has 0 fully saturated rings. The third-order valence-electron chi connectivity index (χ3n) is 4.07. The van der Waals surface area contributed by atoms with Crippen molar-refractivity contribution in [2.75, 3.05) is 11.9 Å². The van der Waals surface area contributed by atoms with Gasteiger partial charge in [-0.3, -0.25) is 9.59 Å². The maximum atomic E-state index is 12.4. The highest BCUT2D eigenvalue weighted by Crippen LogP contribution is 2.20. The fourth-order valence-electron chi connectivity index (χ4n) is 2.79. The molecule has 0 aliphatic rings. The van der Waals surface area contributed by atoms with Crippen molar-refractivity contribution >= 4 is 34.4 Å². The first-order valence-electron chi connectivity index (χ1n) is 8.64. The first-order chi connectivity index (χ1) is 13.2. The number of para-hydroxylation sites is 1. The fourth-order valence-corrected chi connectivity index (χ4v) is 2.79. The Morgan fingerprint density at radius 3 is 2.52 bits per heavy atom. The van der Waals surface area contributed by atoms with Crippen LogP contribution in [0, 0.1) is 0 Å². The number of fused-ring (bicyclic) bond motifs is 1. The average molecular weight is 356 g/mol. The van der Waals surface area contributed by atoms with Gasteiger partial charge >= 0.3 is 0 Å². The van der Waals surface area contributed by atoms with Crippen LogP contribution in [0.2, 0.25) is 0 Å². The highest BCUT2D eigenvalue weighted by atomic mass is 16.2. The minimum atomic E-state index is -0.299. The number of carbonyl (C=O) groups excluding carboxylic acids is 2. The SMILES string of the molecule is C=CCNC(=O)c1ccccc1NC(=O)C=Cc1cccc2ccccc12. The third-order valence-corrected chi connectivity index (χ3v) is 4.07. The van der Waals surface area contributed by atoms with Gasteiger partial charge in [0.15, 0.2) is 0 Å². The van der Waals surface area contributed by atoms with E-state index in [1.54, 1.807) is 36.4 Å². The van der Waals surface area contributed by atoms with Crippen molar-refractivity contribution < 1.29 is 9.59 Å². The predicted molar refractivity (Wildman–Crippen MR) is 111 cm³/mol. The molecule has 0 aliphatic carbocycles. The molecule has 2 amide bonds. The predicted octanol–water partition coefficient (Wildman–Crippen LogP) is 4.41. The standard InChI is InChI=1S/C23H20N2O2/c1-2-16-24-23(27)20-12-5-6-13-21(20)25-22(26)15-14-18-10-7-9-17-8-3-4-11-19(17)18/h2-15H,1,16H2,(H,24,27)(H,25,26). The summed E-state index contributed by atoms with van der Waals surface area (Å²) < 4.78 is 0. The van der Waals surface area contributed by atoms with E-state index in [0.717, 1.165) is 16.3 Å². The van der Waals surface area contributed by atoms with Crippen LogP contribution >= 0.6 is 0 Å². The molecule has 0 unspecified atom stereocenters. The molecule has 3 aromatic carbocycles. The first-order valence-corrected chi connectivity index (χ1v) is 8.64. The van der Waals surface area contributed by atoms with E-state index in [9.17, 15) is 9.59 Å². The molecule has 0 spiro atoms. The van der Waals surface area contributed by atoms with Crippen molar-refractivity contribution in [2.24, 2.45) is 0 Å². The minimum absolute atomic E-state index is 0.260. The molecule has 0 atom stereocenters. The van der Waals surface area contributed by atoms with Gasteiger partial charge in [-0.1, -0.05) is 60.7 Å². The quantitative estimate of drug-likeness (QED) is 0.508. The number of rotatable bonds is 6. The van der Waals surface area contributed by atoms with Crippen LogP contribution in [-0.4, -0.2) is 18.4 Å². The highest BCUT2D eigenvalue weighted by Gasteiger charge is 2.11. The summed E-state index contributed by atoms with van der Waals surface area (Å²) in [7, 11) is 0. The van der Waals surface area contributed by atoms with Crippen molar-refractivity contribution in [1.82, 2.24) is 5.32 Å².